The highest BCUT2D eigenvalue weighted by molar-refractivity contribution is 6.09. The van der Waals surface area contributed by atoms with Crippen molar-refractivity contribution in [3.8, 4) is 17.3 Å². The van der Waals surface area contributed by atoms with Crippen molar-refractivity contribution >= 4 is 39.0 Å². The third kappa shape index (κ3) is 3.57. The predicted octanol–water partition coefficient (Wildman–Crippen LogP) is 7.22. The molecule has 6 aromatic rings. The fraction of sp³-hybridized carbons (Fsp3) is 0.0968. The van der Waals surface area contributed by atoms with Gasteiger partial charge in [0, 0.05) is 47.5 Å². The van der Waals surface area contributed by atoms with Gasteiger partial charge in [0.15, 0.2) is 5.82 Å². The highest BCUT2D eigenvalue weighted by Crippen LogP contribution is 2.40. The molecule has 180 valence electrons. The van der Waals surface area contributed by atoms with E-state index in [-0.39, 0.29) is 0 Å². The largest absolute Gasteiger partial charge is 0.457 e. The maximum absolute atomic E-state index is 8.12. The van der Waals surface area contributed by atoms with Gasteiger partial charge in [-0.1, -0.05) is 30.3 Å². The van der Waals surface area contributed by atoms with E-state index in [2.05, 4.69) is 62.8 Å². The second-order valence-corrected chi connectivity index (χ2v) is 9.31. The van der Waals surface area contributed by atoms with Gasteiger partial charge >= 0.3 is 0 Å². The number of benzene rings is 3. The Labute approximate surface area is 216 Å². The number of para-hydroxylation sites is 1. The lowest BCUT2D eigenvalue weighted by Crippen LogP contribution is -2.24. The molecule has 3 aromatic heterocycles. The second-order valence-electron chi connectivity index (χ2n) is 9.31. The number of anilines is 3. The number of nitrogens with zero attached hydrogens (tertiary/aromatic N) is 5. The normalized spacial score (nSPS) is 13.3. The maximum Gasteiger partial charge on any atom is 0.158 e. The summed E-state index contributed by atoms with van der Waals surface area (Å²) in [5.41, 5.74) is 5.15. The van der Waals surface area contributed by atoms with Crippen LogP contribution in [-0.4, -0.2) is 28.3 Å². The summed E-state index contributed by atoms with van der Waals surface area (Å²) in [6.45, 7) is 2.74. The summed E-state index contributed by atoms with van der Waals surface area (Å²) in [5.74, 6) is 3.15. The molecule has 0 radical (unpaired) electrons. The Morgan fingerprint density at radius 1 is 0.838 bits per heavy atom. The molecule has 1 aliphatic rings. The zero-order valence-corrected chi connectivity index (χ0v) is 20.6. The second kappa shape index (κ2) is 8.38. The number of hydrogen-bond acceptors (Lipinski definition) is 5. The fourth-order valence-corrected chi connectivity index (χ4v) is 5.14. The highest BCUT2D eigenvalue weighted by atomic mass is 16.5. The fourth-order valence-electron chi connectivity index (χ4n) is 5.14. The van der Waals surface area contributed by atoms with Gasteiger partial charge in [0.1, 0.15) is 17.3 Å². The summed E-state index contributed by atoms with van der Waals surface area (Å²) in [6, 6.07) is 30.6. The minimum Gasteiger partial charge on any atom is -0.457 e. The predicted molar refractivity (Wildman–Crippen MR) is 149 cm³/mol. The molecule has 0 amide bonds. The van der Waals surface area contributed by atoms with E-state index in [9.17, 15) is 0 Å². The molecule has 0 atom stereocenters. The van der Waals surface area contributed by atoms with Crippen molar-refractivity contribution < 1.29 is 6.11 Å². The standard InChI is InChI=1S/C31H25N5O/c1-21-13-16-28-31(33-21)35(20-34(28)2)22-8-7-9-23(18-22)37-24-14-15-26-25-10-3-4-11-27(25)36(29(26)19-24)30-12-5-6-17-32-30/h3-19H,20H2,1-2H3/i5D. The highest BCUT2D eigenvalue weighted by Gasteiger charge is 2.26. The Morgan fingerprint density at radius 3 is 2.62 bits per heavy atom. The van der Waals surface area contributed by atoms with E-state index < -0.39 is 0 Å². The Morgan fingerprint density at radius 2 is 1.70 bits per heavy atom. The monoisotopic (exact) mass is 484 g/mol. The number of aryl methyl sites for hydroxylation is 1. The number of aromatic nitrogens is 3. The average Bonchev–Trinajstić information content (AvgIpc) is 3.42. The van der Waals surface area contributed by atoms with Crippen molar-refractivity contribution in [1.82, 2.24) is 14.5 Å². The summed E-state index contributed by atoms with van der Waals surface area (Å²) in [7, 11) is 2.08. The minimum absolute atomic E-state index is 0.420. The van der Waals surface area contributed by atoms with Crippen LogP contribution in [0.15, 0.2) is 103 Å². The molecule has 4 heterocycles. The number of ether oxygens (including phenoxy) is 1. The quantitative estimate of drug-likeness (QED) is 0.264. The summed E-state index contributed by atoms with van der Waals surface area (Å²) >= 11 is 0. The molecule has 37 heavy (non-hydrogen) atoms. The Kier molecular flexibility index (Phi) is 4.61. The molecule has 0 unspecified atom stereocenters. The van der Waals surface area contributed by atoms with Crippen molar-refractivity contribution in [3.05, 3.63) is 109 Å². The number of rotatable bonds is 4. The Balaban J connectivity index is 1.29. The van der Waals surface area contributed by atoms with Crippen LogP contribution in [0, 0.1) is 6.92 Å². The Bertz CT molecular complexity index is 1850. The molecule has 0 bridgehead atoms. The van der Waals surface area contributed by atoms with Crippen LogP contribution in [0.2, 0.25) is 0 Å². The van der Waals surface area contributed by atoms with Gasteiger partial charge in [0.2, 0.25) is 0 Å². The molecular formula is C31H25N5O. The van der Waals surface area contributed by atoms with Gasteiger partial charge in [0.25, 0.3) is 0 Å². The van der Waals surface area contributed by atoms with Gasteiger partial charge < -0.3 is 14.5 Å². The van der Waals surface area contributed by atoms with E-state index in [1.54, 1.807) is 18.3 Å². The van der Waals surface area contributed by atoms with Gasteiger partial charge in [-0.05, 0) is 61.5 Å². The maximum atomic E-state index is 8.12. The summed E-state index contributed by atoms with van der Waals surface area (Å²) in [6.07, 6.45) is 1.68. The first kappa shape index (κ1) is 20.4. The van der Waals surface area contributed by atoms with Crippen LogP contribution in [0.3, 0.4) is 0 Å². The third-order valence-electron chi connectivity index (χ3n) is 6.84. The van der Waals surface area contributed by atoms with E-state index >= 15 is 0 Å². The van der Waals surface area contributed by atoms with Crippen LogP contribution < -0.4 is 14.5 Å². The molecular weight excluding hydrogens is 458 g/mol. The van der Waals surface area contributed by atoms with Gasteiger partial charge in [-0.25, -0.2) is 9.97 Å². The van der Waals surface area contributed by atoms with E-state index in [4.69, 9.17) is 11.1 Å². The van der Waals surface area contributed by atoms with Crippen LogP contribution >= 0.6 is 0 Å². The molecule has 0 spiro atoms. The first-order chi connectivity index (χ1) is 18.5. The molecule has 0 saturated heterocycles. The minimum atomic E-state index is 0.420. The van der Waals surface area contributed by atoms with E-state index in [1.807, 2.05) is 49.4 Å². The molecule has 6 nitrogen and oxygen atoms in total. The van der Waals surface area contributed by atoms with Crippen molar-refractivity contribution in [1.29, 1.82) is 0 Å². The van der Waals surface area contributed by atoms with E-state index in [1.165, 1.54) is 0 Å². The molecule has 0 saturated carbocycles. The van der Waals surface area contributed by atoms with Crippen LogP contribution in [0.5, 0.6) is 11.5 Å². The van der Waals surface area contributed by atoms with Crippen LogP contribution in [0.25, 0.3) is 27.6 Å². The number of pyridine rings is 2. The van der Waals surface area contributed by atoms with Gasteiger partial charge in [-0.15, -0.1) is 0 Å². The van der Waals surface area contributed by atoms with Crippen LogP contribution in [0.1, 0.15) is 7.06 Å². The summed E-state index contributed by atoms with van der Waals surface area (Å²) < 4.78 is 16.6. The molecule has 3 aromatic carbocycles. The lowest BCUT2D eigenvalue weighted by atomic mass is 10.1. The van der Waals surface area contributed by atoms with Gasteiger partial charge in [0.05, 0.1) is 24.8 Å². The topological polar surface area (TPSA) is 46.4 Å². The zero-order chi connectivity index (χ0) is 25.8. The number of hydrogen-bond donors (Lipinski definition) is 0. The third-order valence-corrected chi connectivity index (χ3v) is 6.84. The molecule has 0 N–H and O–H groups in total. The van der Waals surface area contributed by atoms with Crippen molar-refractivity contribution in [2.45, 2.75) is 6.92 Å². The van der Waals surface area contributed by atoms with Crippen molar-refractivity contribution in [2.75, 3.05) is 23.5 Å². The molecule has 1 aliphatic heterocycles. The summed E-state index contributed by atoms with van der Waals surface area (Å²) in [4.78, 5) is 13.8. The Hall–Kier alpha value is -4.84. The van der Waals surface area contributed by atoms with Crippen LogP contribution in [-0.2, 0) is 0 Å². The van der Waals surface area contributed by atoms with E-state index in [0.717, 1.165) is 62.9 Å². The van der Waals surface area contributed by atoms with Crippen molar-refractivity contribution in [3.63, 3.8) is 0 Å². The van der Waals surface area contributed by atoms with Crippen molar-refractivity contribution in [2.24, 2.45) is 0 Å². The lowest BCUT2D eigenvalue weighted by molar-refractivity contribution is 0.483. The van der Waals surface area contributed by atoms with E-state index in [0.29, 0.717) is 11.9 Å². The molecule has 0 aliphatic carbocycles. The van der Waals surface area contributed by atoms with Gasteiger partial charge in [-0.2, -0.15) is 0 Å². The zero-order valence-electron chi connectivity index (χ0n) is 21.6. The van der Waals surface area contributed by atoms with Crippen LogP contribution in [0.4, 0.5) is 17.2 Å². The number of fused-ring (bicyclic) bond motifs is 4. The molecule has 7 rings (SSSR count). The first-order valence-corrected chi connectivity index (χ1v) is 12.3. The molecule has 6 heteroatoms. The first-order valence-electron chi connectivity index (χ1n) is 12.8. The lowest BCUT2D eigenvalue weighted by Gasteiger charge is -2.19. The SMILES string of the molecule is [2H]c1ccnc(-n2c3ccccc3c3ccc(Oc4cccc(N5CN(C)c6ccc(C)nc65)c4)cc32)c1. The molecule has 0 fully saturated rings. The smallest absolute Gasteiger partial charge is 0.158 e. The average molecular weight is 485 g/mol. The summed E-state index contributed by atoms with van der Waals surface area (Å²) in [5, 5.41) is 2.24. The van der Waals surface area contributed by atoms with Gasteiger partial charge in [-0.3, -0.25) is 4.57 Å².